The van der Waals surface area contributed by atoms with E-state index in [4.69, 9.17) is 16.3 Å². The molecule has 0 bridgehead atoms. The maximum Gasteiger partial charge on any atom is 0.331 e. The van der Waals surface area contributed by atoms with Gasteiger partial charge in [-0.1, -0.05) is 47.5 Å². The molecule has 1 amide bonds. The smallest absolute Gasteiger partial charge is 0.331 e. The lowest BCUT2D eigenvalue weighted by Crippen LogP contribution is -2.29. The molecule has 0 spiro atoms. The van der Waals surface area contributed by atoms with Crippen LogP contribution in [0.1, 0.15) is 23.6 Å². The molecule has 0 aromatic heterocycles. The fourth-order valence-electron chi connectivity index (χ4n) is 2.07. The van der Waals surface area contributed by atoms with E-state index >= 15 is 0 Å². The number of anilines is 1. The van der Waals surface area contributed by atoms with Crippen LogP contribution in [0.25, 0.3) is 6.08 Å². The molecule has 0 radical (unpaired) electrons. The Kier molecular flexibility index (Phi) is 6.37. The lowest BCUT2D eigenvalue weighted by atomic mass is 10.1. The maximum atomic E-state index is 12.2. The first-order valence-electron chi connectivity index (χ1n) is 7.87. The normalized spacial score (nSPS) is 12.0. The molecular formula is C20H20ClNO3. The Bertz CT molecular complexity index is 797. The van der Waals surface area contributed by atoms with Gasteiger partial charge in [0.1, 0.15) is 0 Å². The predicted molar refractivity (Wildman–Crippen MR) is 101 cm³/mol. The summed E-state index contributed by atoms with van der Waals surface area (Å²) >= 11 is 5.93. The molecule has 2 aromatic carbocycles. The van der Waals surface area contributed by atoms with Gasteiger partial charge in [0.2, 0.25) is 0 Å². The van der Waals surface area contributed by atoms with Gasteiger partial charge < -0.3 is 10.1 Å². The van der Waals surface area contributed by atoms with Gasteiger partial charge in [0.25, 0.3) is 5.91 Å². The quantitative estimate of drug-likeness (QED) is 0.631. The Hall–Kier alpha value is -2.59. The molecule has 0 saturated heterocycles. The van der Waals surface area contributed by atoms with Crippen LogP contribution in [0.5, 0.6) is 0 Å². The summed E-state index contributed by atoms with van der Waals surface area (Å²) in [6, 6.07) is 12.9. The van der Waals surface area contributed by atoms with Gasteiger partial charge in [0.05, 0.1) is 0 Å². The van der Waals surface area contributed by atoms with Gasteiger partial charge in [-0.2, -0.15) is 0 Å². The van der Waals surface area contributed by atoms with Crippen LogP contribution in [0.4, 0.5) is 5.69 Å². The van der Waals surface area contributed by atoms with Crippen molar-refractivity contribution >= 4 is 35.2 Å². The summed E-state index contributed by atoms with van der Waals surface area (Å²) in [6.45, 7) is 5.36. The van der Waals surface area contributed by atoms with Crippen molar-refractivity contribution in [2.24, 2.45) is 0 Å². The first-order valence-corrected chi connectivity index (χ1v) is 8.25. The first-order chi connectivity index (χ1) is 11.8. The van der Waals surface area contributed by atoms with E-state index in [0.29, 0.717) is 10.7 Å². The molecule has 25 heavy (non-hydrogen) atoms. The molecule has 2 aromatic rings. The summed E-state index contributed by atoms with van der Waals surface area (Å²) in [7, 11) is 0. The first kappa shape index (κ1) is 18.7. The van der Waals surface area contributed by atoms with Crippen LogP contribution in [0.15, 0.2) is 48.5 Å². The monoisotopic (exact) mass is 357 g/mol. The number of carbonyl (C=O) groups excluding carboxylic acids is 2. The molecule has 1 unspecified atom stereocenters. The zero-order chi connectivity index (χ0) is 18.4. The highest BCUT2D eigenvalue weighted by Crippen LogP contribution is 2.20. The highest BCUT2D eigenvalue weighted by molar-refractivity contribution is 6.31. The third-order valence-corrected chi connectivity index (χ3v) is 3.84. The van der Waals surface area contributed by atoms with Crippen molar-refractivity contribution in [1.29, 1.82) is 0 Å². The molecule has 0 fully saturated rings. The molecule has 0 aliphatic carbocycles. The van der Waals surface area contributed by atoms with Crippen LogP contribution in [0, 0.1) is 13.8 Å². The molecule has 1 N–H and O–H groups in total. The Labute approximate surface area is 152 Å². The highest BCUT2D eigenvalue weighted by atomic mass is 35.5. The average molecular weight is 358 g/mol. The van der Waals surface area contributed by atoms with E-state index in [1.54, 1.807) is 24.3 Å². The number of rotatable bonds is 5. The number of hydrogen-bond donors (Lipinski definition) is 1. The largest absolute Gasteiger partial charge is 0.449 e. The maximum absolute atomic E-state index is 12.2. The summed E-state index contributed by atoms with van der Waals surface area (Å²) in [6.07, 6.45) is 2.03. The Morgan fingerprint density at radius 2 is 1.80 bits per heavy atom. The van der Waals surface area contributed by atoms with Gasteiger partial charge in [-0.15, -0.1) is 0 Å². The zero-order valence-corrected chi connectivity index (χ0v) is 15.1. The molecule has 0 heterocycles. The van der Waals surface area contributed by atoms with Crippen molar-refractivity contribution < 1.29 is 14.3 Å². The number of aryl methyl sites for hydroxylation is 2. The summed E-state index contributed by atoms with van der Waals surface area (Å²) in [5.41, 5.74) is 3.49. The molecule has 0 aliphatic rings. The number of benzene rings is 2. The minimum atomic E-state index is -0.923. The van der Waals surface area contributed by atoms with Crippen molar-refractivity contribution in [2.75, 3.05) is 5.32 Å². The average Bonchev–Trinajstić information content (AvgIpc) is 2.57. The van der Waals surface area contributed by atoms with Crippen molar-refractivity contribution in [2.45, 2.75) is 26.9 Å². The number of halogens is 1. The summed E-state index contributed by atoms with van der Waals surface area (Å²) in [4.78, 5) is 24.0. The van der Waals surface area contributed by atoms with Gasteiger partial charge in [-0.05, 0) is 50.1 Å². The second-order valence-corrected chi connectivity index (χ2v) is 6.21. The number of hydrogen-bond acceptors (Lipinski definition) is 3. The fraction of sp³-hybridized carbons (Fsp3) is 0.200. The lowest BCUT2D eigenvalue weighted by Gasteiger charge is -2.14. The van der Waals surface area contributed by atoms with E-state index in [0.717, 1.165) is 16.7 Å². The van der Waals surface area contributed by atoms with Crippen molar-refractivity contribution in [3.63, 3.8) is 0 Å². The minimum Gasteiger partial charge on any atom is -0.449 e. The second-order valence-electron chi connectivity index (χ2n) is 5.77. The predicted octanol–water partition coefficient (Wildman–Crippen LogP) is 4.54. The van der Waals surface area contributed by atoms with Crippen LogP contribution in [0.3, 0.4) is 0 Å². The standard InChI is InChI=1S/C20H20ClNO3/c1-13-4-7-16(8-5-13)9-11-19(23)25-15(3)20(24)22-18-12-17(21)10-6-14(18)2/h4-12,15H,1-3H3,(H,22,24). The van der Waals surface area contributed by atoms with Gasteiger partial charge in [0, 0.05) is 16.8 Å². The minimum absolute atomic E-state index is 0.414. The summed E-state index contributed by atoms with van der Waals surface area (Å²) in [5.74, 6) is -0.992. The lowest BCUT2D eigenvalue weighted by molar-refractivity contribution is -0.148. The van der Waals surface area contributed by atoms with E-state index in [1.807, 2.05) is 38.1 Å². The highest BCUT2D eigenvalue weighted by Gasteiger charge is 2.17. The van der Waals surface area contributed by atoms with Crippen LogP contribution in [0.2, 0.25) is 5.02 Å². The van der Waals surface area contributed by atoms with E-state index in [1.165, 1.54) is 13.0 Å². The Balaban J connectivity index is 1.92. The van der Waals surface area contributed by atoms with E-state index in [2.05, 4.69) is 5.32 Å². The molecule has 5 heteroatoms. The molecule has 130 valence electrons. The second kappa shape index (κ2) is 8.49. The van der Waals surface area contributed by atoms with Crippen molar-refractivity contribution in [1.82, 2.24) is 0 Å². The molecular weight excluding hydrogens is 338 g/mol. The number of amides is 1. The Morgan fingerprint density at radius 3 is 2.48 bits per heavy atom. The molecule has 0 aliphatic heterocycles. The third kappa shape index (κ3) is 5.76. The fourth-order valence-corrected chi connectivity index (χ4v) is 2.24. The van der Waals surface area contributed by atoms with Crippen molar-refractivity contribution in [3.8, 4) is 0 Å². The van der Waals surface area contributed by atoms with Gasteiger partial charge in [-0.3, -0.25) is 4.79 Å². The van der Waals surface area contributed by atoms with E-state index in [9.17, 15) is 9.59 Å². The molecule has 1 atom stereocenters. The molecule has 2 rings (SSSR count). The van der Waals surface area contributed by atoms with Crippen LogP contribution in [-0.2, 0) is 14.3 Å². The summed E-state index contributed by atoms with van der Waals surface area (Å²) < 4.78 is 5.13. The number of ether oxygens (including phenoxy) is 1. The number of nitrogens with one attached hydrogen (secondary N) is 1. The summed E-state index contributed by atoms with van der Waals surface area (Å²) in [5, 5.41) is 3.23. The van der Waals surface area contributed by atoms with Crippen molar-refractivity contribution in [3.05, 3.63) is 70.3 Å². The van der Waals surface area contributed by atoms with Gasteiger partial charge in [0.15, 0.2) is 6.10 Å². The van der Waals surface area contributed by atoms with Gasteiger partial charge in [-0.25, -0.2) is 4.79 Å². The van der Waals surface area contributed by atoms with E-state index < -0.39 is 18.0 Å². The Morgan fingerprint density at radius 1 is 1.12 bits per heavy atom. The third-order valence-electron chi connectivity index (χ3n) is 3.61. The van der Waals surface area contributed by atoms with Crippen LogP contribution in [-0.4, -0.2) is 18.0 Å². The zero-order valence-electron chi connectivity index (χ0n) is 14.4. The number of carbonyl (C=O) groups is 2. The molecule has 4 nitrogen and oxygen atoms in total. The van der Waals surface area contributed by atoms with Gasteiger partial charge >= 0.3 is 5.97 Å². The SMILES string of the molecule is Cc1ccc(C=CC(=O)OC(C)C(=O)Nc2cc(Cl)ccc2C)cc1. The van der Waals surface area contributed by atoms with E-state index in [-0.39, 0.29) is 0 Å². The van der Waals surface area contributed by atoms with Crippen LogP contribution < -0.4 is 5.32 Å². The number of esters is 1. The van der Waals surface area contributed by atoms with Crippen LogP contribution >= 0.6 is 11.6 Å². The molecule has 0 saturated carbocycles. The topological polar surface area (TPSA) is 55.4 Å².